The molecule has 3 heterocycles. The fourth-order valence-electron chi connectivity index (χ4n) is 2.54. The van der Waals surface area contributed by atoms with Gasteiger partial charge in [0.25, 0.3) is 10.0 Å². The van der Waals surface area contributed by atoms with Crippen molar-refractivity contribution in [1.82, 2.24) is 14.3 Å². The third kappa shape index (κ3) is 3.70. The van der Waals surface area contributed by atoms with Gasteiger partial charge in [-0.2, -0.15) is 9.29 Å². The first-order valence-corrected chi connectivity index (χ1v) is 9.74. The lowest BCUT2D eigenvalue weighted by Crippen LogP contribution is -2.41. The fraction of sp³-hybridized carbons (Fsp3) is 0.467. The van der Waals surface area contributed by atoms with Crippen LogP contribution in [-0.4, -0.2) is 41.9 Å². The molecule has 124 valence electrons. The molecule has 8 heteroatoms. The highest BCUT2D eigenvalue weighted by Gasteiger charge is 2.31. The van der Waals surface area contributed by atoms with Gasteiger partial charge >= 0.3 is 0 Å². The first kappa shape index (κ1) is 16.4. The molecule has 1 saturated heterocycles. The number of hydrogen-bond donors (Lipinski definition) is 0. The molecule has 23 heavy (non-hydrogen) atoms. The van der Waals surface area contributed by atoms with Gasteiger partial charge < -0.3 is 4.74 Å². The summed E-state index contributed by atoms with van der Waals surface area (Å²) in [6.45, 7) is 4.65. The maximum absolute atomic E-state index is 12.6. The molecule has 0 amide bonds. The summed E-state index contributed by atoms with van der Waals surface area (Å²) < 4.78 is 33.0. The van der Waals surface area contributed by atoms with E-state index in [0.717, 1.165) is 4.88 Å². The van der Waals surface area contributed by atoms with Crippen LogP contribution in [0, 0.1) is 13.8 Å². The van der Waals surface area contributed by atoms with E-state index in [-0.39, 0.29) is 6.10 Å². The topological polar surface area (TPSA) is 72.4 Å². The van der Waals surface area contributed by atoms with E-state index in [1.54, 1.807) is 22.6 Å². The van der Waals surface area contributed by atoms with Crippen molar-refractivity contribution in [3.63, 3.8) is 0 Å². The molecule has 0 saturated carbocycles. The molecule has 0 unspecified atom stereocenters. The zero-order chi connectivity index (χ0) is 16.4. The van der Waals surface area contributed by atoms with Gasteiger partial charge in [0.2, 0.25) is 5.88 Å². The van der Waals surface area contributed by atoms with E-state index in [9.17, 15) is 8.42 Å². The summed E-state index contributed by atoms with van der Waals surface area (Å²) in [6.07, 6.45) is 2.97. The molecule has 2 aromatic heterocycles. The summed E-state index contributed by atoms with van der Waals surface area (Å²) in [5.74, 6) is 1.21. The quantitative estimate of drug-likeness (QED) is 0.844. The molecule has 6 nitrogen and oxygen atoms in total. The summed E-state index contributed by atoms with van der Waals surface area (Å²) in [5, 5.41) is 0. The molecule has 1 aliphatic rings. The molecule has 0 spiro atoms. The molecule has 0 radical (unpaired) electrons. The molecular weight excluding hydrogens is 334 g/mol. The van der Waals surface area contributed by atoms with Crippen LogP contribution in [0.4, 0.5) is 0 Å². The van der Waals surface area contributed by atoms with Crippen LogP contribution in [0.3, 0.4) is 0 Å². The minimum absolute atomic E-state index is 0.0131. The van der Waals surface area contributed by atoms with Gasteiger partial charge in [0.05, 0.1) is 0 Å². The predicted molar refractivity (Wildman–Crippen MR) is 88.2 cm³/mol. The zero-order valence-electron chi connectivity index (χ0n) is 13.1. The lowest BCUT2D eigenvalue weighted by Gasteiger charge is -2.30. The van der Waals surface area contributed by atoms with E-state index in [1.165, 1.54) is 11.3 Å². The number of ether oxygens (including phenoxy) is 1. The molecule has 0 aromatic carbocycles. The van der Waals surface area contributed by atoms with Crippen molar-refractivity contribution in [1.29, 1.82) is 0 Å². The van der Waals surface area contributed by atoms with Gasteiger partial charge in [-0.15, -0.1) is 11.3 Å². The Morgan fingerprint density at radius 3 is 2.57 bits per heavy atom. The predicted octanol–water partition coefficient (Wildman–Crippen LogP) is 2.39. The van der Waals surface area contributed by atoms with Crippen molar-refractivity contribution < 1.29 is 13.2 Å². The molecular formula is C15H19N3O3S2. The molecule has 2 aromatic rings. The number of thiophene rings is 1. The Kier molecular flexibility index (Phi) is 4.65. The van der Waals surface area contributed by atoms with Crippen LogP contribution < -0.4 is 4.74 Å². The monoisotopic (exact) mass is 353 g/mol. The van der Waals surface area contributed by atoms with Crippen molar-refractivity contribution in [2.45, 2.75) is 37.0 Å². The summed E-state index contributed by atoms with van der Waals surface area (Å²) in [6, 6.07) is 5.25. The normalized spacial score (nSPS) is 17.3. The van der Waals surface area contributed by atoms with Crippen molar-refractivity contribution in [3.8, 4) is 5.88 Å². The number of aromatic nitrogens is 2. The molecule has 1 fully saturated rings. The van der Waals surface area contributed by atoms with Gasteiger partial charge in [-0.05, 0) is 38.8 Å². The Hall–Kier alpha value is -1.51. The van der Waals surface area contributed by atoms with Crippen LogP contribution in [-0.2, 0) is 10.0 Å². The second-order valence-corrected chi connectivity index (χ2v) is 8.98. The highest BCUT2D eigenvalue weighted by molar-refractivity contribution is 7.91. The van der Waals surface area contributed by atoms with Crippen LogP contribution in [0.2, 0.25) is 0 Å². The Morgan fingerprint density at radius 2 is 1.96 bits per heavy atom. The molecule has 0 N–H and O–H groups in total. The molecule has 1 aliphatic heterocycles. The van der Waals surface area contributed by atoms with Crippen molar-refractivity contribution in [2.24, 2.45) is 0 Å². The minimum Gasteiger partial charge on any atom is -0.474 e. The Bertz CT molecular complexity index is 781. The average molecular weight is 353 g/mol. The molecule has 0 atom stereocenters. The molecule has 3 rings (SSSR count). The lowest BCUT2D eigenvalue weighted by atomic mass is 10.1. The van der Waals surface area contributed by atoms with E-state index < -0.39 is 10.0 Å². The number of hydrogen-bond acceptors (Lipinski definition) is 6. The Labute approximate surface area is 140 Å². The number of aryl methyl sites for hydroxylation is 2. The fourth-order valence-corrected chi connectivity index (χ4v) is 5.45. The van der Waals surface area contributed by atoms with E-state index in [4.69, 9.17) is 4.74 Å². The van der Waals surface area contributed by atoms with Gasteiger partial charge in [0.15, 0.2) is 0 Å². The Balaban J connectivity index is 1.62. The number of rotatable bonds is 4. The van der Waals surface area contributed by atoms with Crippen LogP contribution >= 0.6 is 11.3 Å². The smallest absolute Gasteiger partial charge is 0.252 e. The van der Waals surface area contributed by atoms with Crippen molar-refractivity contribution >= 4 is 21.4 Å². The average Bonchev–Trinajstić information content (AvgIpc) is 2.95. The summed E-state index contributed by atoms with van der Waals surface area (Å²) >= 11 is 1.32. The van der Waals surface area contributed by atoms with Crippen LogP contribution in [0.15, 0.2) is 28.6 Å². The zero-order valence-corrected chi connectivity index (χ0v) is 14.7. The van der Waals surface area contributed by atoms with Gasteiger partial charge in [0.1, 0.15) is 16.1 Å². The van der Waals surface area contributed by atoms with Gasteiger partial charge in [0, 0.05) is 30.2 Å². The first-order valence-electron chi connectivity index (χ1n) is 7.48. The lowest BCUT2D eigenvalue weighted by molar-refractivity contribution is 0.129. The van der Waals surface area contributed by atoms with Gasteiger partial charge in [-0.3, -0.25) is 0 Å². The van der Waals surface area contributed by atoms with Crippen LogP contribution in [0.5, 0.6) is 5.88 Å². The van der Waals surface area contributed by atoms with Crippen LogP contribution in [0.25, 0.3) is 0 Å². The third-order valence-corrected chi connectivity index (χ3v) is 7.12. The largest absolute Gasteiger partial charge is 0.474 e. The molecule has 0 aliphatic carbocycles. The van der Waals surface area contributed by atoms with Crippen molar-refractivity contribution in [3.05, 3.63) is 35.1 Å². The molecule has 0 bridgehead atoms. The second kappa shape index (κ2) is 6.54. The highest BCUT2D eigenvalue weighted by atomic mass is 32.2. The minimum atomic E-state index is -3.37. The van der Waals surface area contributed by atoms with E-state index in [0.29, 0.717) is 41.8 Å². The highest BCUT2D eigenvalue weighted by Crippen LogP contribution is 2.27. The summed E-state index contributed by atoms with van der Waals surface area (Å²) in [4.78, 5) is 9.26. The van der Waals surface area contributed by atoms with Gasteiger partial charge in [-0.1, -0.05) is 0 Å². The van der Waals surface area contributed by atoms with E-state index in [2.05, 4.69) is 9.97 Å². The third-order valence-electron chi connectivity index (χ3n) is 3.75. The summed E-state index contributed by atoms with van der Waals surface area (Å²) in [7, 11) is -3.37. The number of sulfonamides is 1. The first-order chi connectivity index (χ1) is 10.9. The van der Waals surface area contributed by atoms with E-state index in [1.807, 2.05) is 19.9 Å². The van der Waals surface area contributed by atoms with Gasteiger partial charge in [-0.25, -0.2) is 13.4 Å². The second-order valence-electron chi connectivity index (χ2n) is 5.53. The van der Waals surface area contributed by atoms with E-state index >= 15 is 0 Å². The summed E-state index contributed by atoms with van der Waals surface area (Å²) in [5.41, 5.74) is 0. The maximum Gasteiger partial charge on any atom is 0.252 e. The number of piperidine rings is 1. The number of nitrogens with zero attached hydrogens (tertiary/aromatic N) is 3. The van der Waals surface area contributed by atoms with Crippen molar-refractivity contribution in [2.75, 3.05) is 13.1 Å². The van der Waals surface area contributed by atoms with Crippen LogP contribution in [0.1, 0.15) is 23.5 Å². The Morgan fingerprint density at radius 1 is 1.22 bits per heavy atom. The maximum atomic E-state index is 12.6. The SMILES string of the molecule is Cc1nccc(OC2CCN(S(=O)(=O)c3ccc(C)s3)CC2)n1. The standard InChI is InChI=1S/C15H19N3O3S2/c1-11-3-4-15(22-11)23(19,20)18-9-6-13(7-10-18)21-14-5-8-16-12(2)17-14/h3-5,8,13H,6-7,9-10H2,1-2H3.